The van der Waals surface area contributed by atoms with Gasteiger partial charge in [0.05, 0.1) is 12.3 Å². The molecule has 7 nitrogen and oxygen atoms in total. The molecule has 7 heteroatoms. The summed E-state index contributed by atoms with van der Waals surface area (Å²) in [5.41, 5.74) is 1.28. The molecule has 0 saturated heterocycles. The highest BCUT2D eigenvalue weighted by molar-refractivity contribution is 6.00. The number of anilines is 2. The van der Waals surface area contributed by atoms with Gasteiger partial charge in [0.15, 0.2) is 12.7 Å². The van der Waals surface area contributed by atoms with Crippen LogP contribution in [0.5, 0.6) is 17.2 Å². The minimum Gasteiger partial charge on any atom is -0.494 e. The van der Waals surface area contributed by atoms with Crippen molar-refractivity contribution in [1.82, 2.24) is 0 Å². The van der Waals surface area contributed by atoms with Gasteiger partial charge in [0.2, 0.25) is 0 Å². The van der Waals surface area contributed by atoms with Gasteiger partial charge in [0.25, 0.3) is 11.8 Å². The summed E-state index contributed by atoms with van der Waals surface area (Å²) < 4.78 is 16.5. The van der Waals surface area contributed by atoms with Gasteiger partial charge in [-0.2, -0.15) is 0 Å². The van der Waals surface area contributed by atoms with Crippen LogP contribution >= 0.6 is 0 Å². The maximum Gasteiger partial charge on any atom is 0.267 e. The minimum atomic E-state index is -0.554. The Balaban J connectivity index is 1.60. The maximum atomic E-state index is 12.2. The topological polar surface area (TPSA) is 77.1 Å². The molecule has 1 atom stereocenters. The average molecular weight is 384 g/mol. The van der Waals surface area contributed by atoms with Crippen LogP contribution in [0.15, 0.2) is 42.5 Å². The van der Waals surface area contributed by atoms with Crippen LogP contribution in [0.1, 0.15) is 20.8 Å². The Bertz CT molecular complexity index is 850. The van der Waals surface area contributed by atoms with Gasteiger partial charge < -0.3 is 24.4 Å². The Hall–Kier alpha value is -3.22. The molecule has 0 radical (unpaired) electrons. The molecule has 2 aromatic rings. The van der Waals surface area contributed by atoms with Gasteiger partial charge in [0.1, 0.15) is 17.2 Å². The first-order chi connectivity index (χ1) is 13.5. The third kappa shape index (κ3) is 4.36. The predicted octanol–water partition coefficient (Wildman–Crippen LogP) is 3.24. The SMILES string of the molecule is CCOc1ccc(OCC(=O)Nc2ccc3c(c2)OC(C)C(=O)N3CC)cc1. The molecule has 0 aliphatic carbocycles. The van der Waals surface area contributed by atoms with Crippen molar-refractivity contribution < 1.29 is 23.8 Å². The van der Waals surface area contributed by atoms with Crippen LogP contribution in [0.2, 0.25) is 0 Å². The van der Waals surface area contributed by atoms with Crippen LogP contribution in [0.4, 0.5) is 11.4 Å². The molecule has 1 unspecified atom stereocenters. The van der Waals surface area contributed by atoms with E-state index in [1.807, 2.05) is 13.8 Å². The number of rotatable bonds is 7. The number of likely N-dealkylation sites (N-methyl/N-ethyl adjacent to an activating group) is 1. The molecule has 0 aromatic heterocycles. The number of nitrogens with zero attached hydrogens (tertiary/aromatic N) is 1. The summed E-state index contributed by atoms with van der Waals surface area (Å²) in [6.45, 7) is 6.56. The predicted molar refractivity (Wildman–Crippen MR) is 106 cm³/mol. The number of carbonyl (C=O) groups is 2. The molecule has 148 valence electrons. The number of carbonyl (C=O) groups excluding carboxylic acids is 2. The lowest BCUT2D eigenvalue weighted by molar-refractivity contribution is -0.125. The fraction of sp³-hybridized carbons (Fsp3) is 0.333. The van der Waals surface area contributed by atoms with Gasteiger partial charge in [-0.15, -0.1) is 0 Å². The molecule has 1 aliphatic rings. The standard InChI is InChI=1S/C21H24N2O5/c1-4-23-18-11-6-15(12-19(18)28-14(3)21(23)25)22-20(24)13-27-17-9-7-16(8-10-17)26-5-2/h6-12,14H,4-5,13H2,1-3H3,(H,22,24). The second kappa shape index (κ2) is 8.65. The van der Waals surface area contributed by atoms with Crippen LogP contribution in [0.3, 0.4) is 0 Å². The van der Waals surface area contributed by atoms with Crippen molar-refractivity contribution in [2.75, 3.05) is 30.0 Å². The molecule has 0 fully saturated rings. The molecule has 0 saturated carbocycles. The summed E-state index contributed by atoms with van der Waals surface area (Å²) in [5, 5.41) is 2.78. The van der Waals surface area contributed by atoms with E-state index < -0.39 is 6.10 Å². The Morgan fingerprint density at radius 1 is 1.11 bits per heavy atom. The fourth-order valence-corrected chi connectivity index (χ4v) is 2.96. The average Bonchev–Trinajstić information content (AvgIpc) is 2.69. The third-order valence-electron chi connectivity index (χ3n) is 4.27. The van der Waals surface area contributed by atoms with E-state index in [-0.39, 0.29) is 18.4 Å². The highest BCUT2D eigenvalue weighted by Crippen LogP contribution is 2.36. The molecule has 1 heterocycles. The monoisotopic (exact) mass is 384 g/mol. The van der Waals surface area contributed by atoms with Crippen LogP contribution in [-0.2, 0) is 9.59 Å². The summed E-state index contributed by atoms with van der Waals surface area (Å²) in [6, 6.07) is 12.3. The molecular weight excluding hydrogens is 360 g/mol. The minimum absolute atomic E-state index is 0.0736. The van der Waals surface area contributed by atoms with E-state index in [0.29, 0.717) is 36.0 Å². The Morgan fingerprint density at radius 3 is 2.43 bits per heavy atom. The molecule has 2 amide bonds. The zero-order valence-electron chi connectivity index (χ0n) is 16.2. The second-order valence-electron chi connectivity index (χ2n) is 6.27. The van der Waals surface area contributed by atoms with Gasteiger partial charge in [-0.05, 0) is 57.2 Å². The summed E-state index contributed by atoms with van der Waals surface area (Å²) in [7, 11) is 0. The quantitative estimate of drug-likeness (QED) is 0.793. The lowest BCUT2D eigenvalue weighted by atomic mass is 10.1. The number of ether oxygens (including phenoxy) is 3. The van der Waals surface area contributed by atoms with Crippen molar-refractivity contribution in [2.45, 2.75) is 26.9 Å². The van der Waals surface area contributed by atoms with Gasteiger partial charge in [-0.25, -0.2) is 0 Å². The normalized spacial score (nSPS) is 15.5. The number of hydrogen-bond donors (Lipinski definition) is 1. The Morgan fingerprint density at radius 2 is 1.79 bits per heavy atom. The lowest BCUT2D eigenvalue weighted by Gasteiger charge is -2.32. The van der Waals surface area contributed by atoms with E-state index in [4.69, 9.17) is 14.2 Å². The van der Waals surface area contributed by atoms with Crippen LogP contribution in [-0.4, -0.2) is 37.7 Å². The van der Waals surface area contributed by atoms with Gasteiger partial charge >= 0.3 is 0 Å². The zero-order chi connectivity index (χ0) is 20.1. The fourth-order valence-electron chi connectivity index (χ4n) is 2.96. The molecule has 1 aliphatic heterocycles. The number of hydrogen-bond acceptors (Lipinski definition) is 5. The summed E-state index contributed by atoms with van der Waals surface area (Å²) in [6.07, 6.45) is -0.554. The zero-order valence-corrected chi connectivity index (χ0v) is 16.2. The van der Waals surface area contributed by atoms with Crippen molar-refractivity contribution in [3.05, 3.63) is 42.5 Å². The largest absolute Gasteiger partial charge is 0.494 e. The molecule has 3 rings (SSSR count). The Labute approximate surface area is 164 Å². The van der Waals surface area contributed by atoms with Crippen LogP contribution in [0.25, 0.3) is 0 Å². The van der Waals surface area contributed by atoms with Gasteiger partial charge in [-0.1, -0.05) is 0 Å². The first kappa shape index (κ1) is 19.5. The highest BCUT2D eigenvalue weighted by Gasteiger charge is 2.30. The molecule has 28 heavy (non-hydrogen) atoms. The van der Waals surface area contributed by atoms with E-state index in [0.717, 1.165) is 5.75 Å². The van der Waals surface area contributed by atoms with Crippen molar-refractivity contribution in [3.63, 3.8) is 0 Å². The summed E-state index contributed by atoms with van der Waals surface area (Å²) >= 11 is 0. The van der Waals surface area contributed by atoms with Crippen LogP contribution in [0, 0.1) is 0 Å². The van der Waals surface area contributed by atoms with E-state index in [9.17, 15) is 9.59 Å². The lowest BCUT2D eigenvalue weighted by Crippen LogP contribution is -2.44. The van der Waals surface area contributed by atoms with E-state index >= 15 is 0 Å². The van der Waals surface area contributed by atoms with Crippen LogP contribution < -0.4 is 24.4 Å². The van der Waals surface area contributed by atoms with E-state index in [1.54, 1.807) is 54.3 Å². The third-order valence-corrected chi connectivity index (χ3v) is 4.27. The highest BCUT2D eigenvalue weighted by atomic mass is 16.5. The number of amides is 2. The molecular formula is C21H24N2O5. The molecule has 1 N–H and O–H groups in total. The maximum absolute atomic E-state index is 12.2. The Kier molecular flexibility index (Phi) is 6.03. The van der Waals surface area contributed by atoms with Gasteiger partial charge in [0, 0.05) is 18.3 Å². The number of benzene rings is 2. The first-order valence-electron chi connectivity index (χ1n) is 9.29. The number of nitrogens with one attached hydrogen (secondary N) is 1. The molecule has 2 aromatic carbocycles. The molecule has 0 spiro atoms. The molecule has 0 bridgehead atoms. The van der Waals surface area contributed by atoms with Crippen molar-refractivity contribution in [1.29, 1.82) is 0 Å². The summed E-state index contributed by atoms with van der Waals surface area (Å²) in [5.74, 6) is 1.54. The first-order valence-corrected chi connectivity index (χ1v) is 9.29. The van der Waals surface area contributed by atoms with Crippen molar-refractivity contribution in [2.24, 2.45) is 0 Å². The summed E-state index contributed by atoms with van der Waals surface area (Å²) in [4.78, 5) is 26.0. The second-order valence-corrected chi connectivity index (χ2v) is 6.27. The van der Waals surface area contributed by atoms with Crippen molar-refractivity contribution >= 4 is 23.2 Å². The van der Waals surface area contributed by atoms with Gasteiger partial charge in [-0.3, -0.25) is 9.59 Å². The van der Waals surface area contributed by atoms with Crippen molar-refractivity contribution in [3.8, 4) is 17.2 Å². The number of fused-ring (bicyclic) bond motifs is 1. The van der Waals surface area contributed by atoms with E-state index in [2.05, 4.69) is 5.32 Å². The van der Waals surface area contributed by atoms with E-state index in [1.165, 1.54) is 0 Å². The smallest absolute Gasteiger partial charge is 0.267 e.